The van der Waals surface area contributed by atoms with Gasteiger partial charge in [-0.3, -0.25) is 14.2 Å². The minimum atomic E-state index is -0.284. The summed E-state index contributed by atoms with van der Waals surface area (Å²) < 4.78 is 2.02. The third-order valence-corrected chi connectivity index (χ3v) is 7.28. The predicted octanol–water partition coefficient (Wildman–Crippen LogP) is 4.53. The van der Waals surface area contributed by atoms with E-state index in [0.717, 1.165) is 11.3 Å². The largest absolute Gasteiger partial charge is 0.369 e. The van der Waals surface area contributed by atoms with E-state index in [2.05, 4.69) is 36.2 Å². The lowest BCUT2D eigenvalue weighted by molar-refractivity contribution is -0.132. The standard InChI is InChI=1S/C25H28ClN5O2S/c1-16(2)20-5-3-4-6-21(20)31-24(18-7-9-19(26)10-8-18)28-29-25(31)34-15-22(32)30-13-11-17(12-14-30)23(27)33/h3-10,16-17H,11-15H2,1-2H3,(H2,27,33). The predicted molar refractivity (Wildman–Crippen MR) is 135 cm³/mol. The van der Waals surface area contributed by atoms with Gasteiger partial charge in [0.25, 0.3) is 0 Å². The zero-order valence-corrected chi connectivity index (χ0v) is 20.9. The molecule has 0 bridgehead atoms. The fourth-order valence-electron chi connectivity index (χ4n) is 4.18. The first-order chi connectivity index (χ1) is 16.3. The summed E-state index contributed by atoms with van der Waals surface area (Å²) in [7, 11) is 0. The van der Waals surface area contributed by atoms with Crippen LogP contribution < -0.4 is 5.73 Å². The fourth-order valence-corrected chi connectivity index (χ4v) is 5.15. The van der Waals surface area contributed by atoms with E-state index < -0.39 is 0 Å². The summed E-state index contributed by atoms with van der Waals surface area (Å²) in [5, 5.41) is 10.2. The Kier molecular flexibility index (Phi) is 7.58. The number of primary amides is 1. The lowest BCUT2D eigenvalue weighted by Gasteiger charge is -2.30. The van der Waals surface area contributed by atoms with Crippen LogP contribution in [0.2, 0.25) is 5.02 Å². The molecule has 0 saturated carbocycles. The van der Waals surface area contributed by atoms with Gasteiger partial charge in [0.1, 0.15) is 0 Å². The number of piperidine rings is 1. The van der Waals surface area contributed by atoms with E-state index in [-0.39, 0.29) is 23.5 Å². The second-order valence-electron chi connectivity index (χ2n) is 8.71. The van der Waals surface area contributed by atoms with E-state index in [1.165, 1.54) is 17.3 Å². The van der Waals surface area contributed by atoms with Crippen LogP contribution in [0.3, 0.4) is 0 Å². The number of benzene rings is 2. The first-order valence-corrected chi connectivity index (χ1v) is 12.7. The van der Waals surface area contributed by atoms with Crippen molar-refractivity contribution in [2.24, 2.45) is 11.7 Å². The molecule has 2 N–H and O–H groups in total. The van der Waals surface area contributed by atoms with Gasteiger partial charge in [-0.2, -0.15) is 0 Å². The monoisotopic (exact) mass is 497 g/mol. The highest BCUT2D eigenvalue weighted by atomic mass is 35.5. The van der Waals surface area contributed by atoms with Crippen LogP contribution in [0.1, 0.15) is 38.2 Å². The summed E-state index contributed by atoms with van der Waals surface area (Å²) in [6.07, 6.45) is 1.23. The number of para-hydroxylation sites is 1. The SMILES string of the molecule is CC(C)c1ccccc1-n1c(SCC(=O)N2CCC(C(N)=O)CC2)nnc1-c1ccc(Cl)cc1. The average molecular weight is 498 g/mol. The number of nitrogens with zero attached hydrogens (tertiary/aromatic N) is 4. The molecule has 1 saturated heterocycles. The molecular weight excluding hydrogens is 470 g/mol. The molecule has 34 heavy (non-hydrogen) atoms. The molecule has 1 aliphatic rings. The van der Waals surface area contributed by atoms with Crippen molar-refractivity contribution in [1.82, 2.24) is 19.7 Å². The molecule has 9 heteroatoms. The second-order valence-corrected chi connectivity index (χ2v) is 10.1. The number of hydrogen-bond donors (Lipinski definition) is 1. The van der Waals surface area contributed by atoms with Gasteiger partial charge in [-0.15, -0.1) is 10.2 Å². The topological polar surface area (TPSA) is 94.1 Å². The third-order valence-electron chi connectivity index (χ3n) is 6.11. The van der Waals surface area contributed by atoms with Crippen molar-refractivity contribution in [2.45, 2.75) is 37.8 Å². The van der Waals surface area contributed by atoms with E-state index >= 15 is 0 Å². The van der Waals surface area contributed by atoms with Gasteiger partial charge < -0.3 is 10.6 Å². The van der Waals surface area contributed by atoms with Crippen LogP contribution in [0.25, 0.3) is 17.1 Å². The number of halogens is 1. The Morgan fingerprint density at radius 3 is 2.41 bits per heavy atom. The van der Waals surface area contributed by atoms with Crippen LogP contribution in [0.4, 0.5) is 0 Å². The number of carbonyl (C=O) groups is 2. The van der Waals surface area contributed by atoms with Crippen LogP contribution in [-0.4, -0.2) is 50.3 Å². The van der Waals surface area contributed by atoms with Crippen molar-refractivity contribution in [1.29, 1.82) is 0 Å². The fraction of sp³-hybridized carbons (Fsp3) is 0.360. The summed E-state index contributed by atoms with van der Waals surface area (Å²) in [6.45, 7) is 5.40. The number of likely N-dealkylation sites (tertiary alicyclic amines) is 1. The quantitative estimate of drug-likeness (QED) is 0.484. The van der Waals surface area contributed by atoms with Crippen LogP contribution in [0, 0.1) is 5.92 Å². The van der Waals surface area contributed by atoms with Crippen LogP contribution in [0.15, 0.2) is 53.7 Å². The first kappa shape index (κ1) is 24.3. The van der Waals surface area contributed by atoms with E-state index in [1.54, 1.807) is 4.90 Å². The van der Waals surface area contributed by atoms with Crippen molar-refractivity contribution < 1.29 is 9.59 Å². The lowest BCUT2D eigenvalue weighted by Crippen LogP contribution is -2.42. The minimum absolute atomic E-state index is 0.0210. The maximum absolute atomic E-state index is 12.9. The molecule has 178 valence electrons. The number of aromatic nitrogens is 3. The highest BCUT2D eigenvalue weighted by Gasteiger charge is 2.27. The maximum atomic E-state index is 12.9. The van der Waals surface area contributed by atoms with Gasteiger partial charge in [0.2, 0.25) is 11.8 Å². The molecule has 2 heterocycles. The molecule has 1 fully saturated rings. The van der Waals surface area contributed by atoms with Crippen LogP contribution in [-0.2, 0) is 9.59 Å². The molecule has 0 unspecified atom stereocenters. The Hall–Kier alpha value is -2.84. The van der Waals surface area contributed by atoms with E-state index in [1.807, 2.05) is 41.0 Å². The van der Waals surface area contributed by atoms with Crippen molar-refractivity contribution in [3.8, 4) is 17.1 Å². The van der Waals surface area contributed by atoms with Crippen LogP contribution in [0.5, 0.6) is 0 Å². The number of hydrogen-bond acceptors (Lipinski definition) is 5. The highest BCUT2D eigenvalue weighted by Crippen LogP contribution is 2.32. The number of rotatable bonds is 7. The Labute approximate surface area is 208 Å². The van der Waals surface area contributed by atoms with Crippen molar-refractivity contribution in [2.75, 3.05) is 18.8 Å². The molecule has 0 spiro atoms. The van der Waals surface area contributed by atoms with Gasteiger partial charge in [-0.05, 0) is 54.7 Å². The molecule has 0 aliphatic carbocycles. The molecule has 0 atom stereocenters. The first-order valence-electron chi connectivity index (χ1n) is 11.4. The van der Waals surface area contributed by atoms with E-state index in [9.17, 15) is 9.59 Å². The molecule has 2 aromatic carbocycles. The average Bonchev–Trinajstić information content (AvgIpc) is 3.26. The molecule has 4 rings (SSSR count). The summed E-state index contributed by atoms with van der Waals surface area (Å²) >= 11 is 7.47. The van der Waals surface area contributed by atoms with Gasteiger partial charge in [0.05, 0.1) is 11.4 Å². The zero-order valence-electron chi connectivity index (χ0n) is 19.3. The number of nitrogens with two attached hydrogens (primary N) is 1. The van der Waals surface area contributed by atoms with Gasteiger partial charge >= 0.3 is 0 Å². The van der Waals surface area contributed by atoms with Crippen molar-refractivity contribution >= 4 is 35.2 Å². The Morgan fingerprint density at radius 1 is 1.09 bits per heavy atom. The Bertz CT molecular complexity index is 1170. The molecule has 1 aromatic heterocycles. The molecule has 0 radical (unpaired) electrons. The van der Waals surface area contributed by atoms with Crippen molar-refractivity contribution in [3.63, 3.8) is 0 Å². The van der Waals surface area contributed by atoms with Crippen LogP contribution >= 0.6 is 23.4 Å². The second kappa shape index (κ2) is 10.6. The minimum Gasteiger partial charge on any atom is -0.369 e. The number of amides is 2. The van der Waals surface area contributed by atoms with Gasteiger partial charge in [0, 0.05) is 29.6 Å². The number of thioether (sulfide) groups is 1. The molecule has 1 aliphatic heterocycles. The third kappa shape index (κ3) is 5.28. The van der Waals surface area contributed by atoms with Gasteiger partial charge in [-0.1, -0.05) is 55.4 Å². The summed E-state index contributed by atoms with van der Waals surface area (Å²) in [4.78, 5) is 26.1. The Balaban J connectivity index is 1.61. The molecule has 7 nitrogen and oxygen atoms in total. The van der Waals surface area contributed by atoms with Gasteiger partial charge in [0.15, 0.2) is 11.0 Å². The summed E-state index contributed by atoms with van der Waals surface area (Å²) in [5.41, 5.74) is 8.46. The van der Waals surface area contributed by atoms with E-state index in [0.29, 0.717) is 47.9 Å². The normalized spacial score (nSPS) is 14.5. The summed E-state index contributed by atoms with van der Waals surface area (Å²) in [6, 6.07) is 15.7. The smallest absolute Gasteiger partial charge is 0.233 e. The molecule has 2 amide bonds. The van der Waals surface area contributed by atoms with E-state index in [4.69, 9.17) is 17.3 Å². The Morgan fingerprint density at radius 2 is 1.76 bits per heavy atom. The zero-order chi connectivity index (χ0) is 24.2. The maximum Gasteiger partial charge on any atom is 0.233 e. The highest BCUT2D eigenvalue weighted by molar-refractivity contribution is 7.99. The van der Waals surface area contributed by atoms with Crippen molar-refractivity contribution in [3.05, 3.63) is 59.1 Å². The lowest BCUT2D eigenvalue weighted by atomic mass is 9.96. The number of carbonyl (C=O) groups excluding carboxylic acids is 2. The molecular formula is C25H28ClN5O2S. The van der Waals surface area contributed by atoms with Gasteiger partial charge in [-0.25, -0.2) is 0 Å². The molecule has 3 aromatic rings. The summed E-state index contributed by atoms with van der Waals surface area (Å²) in [5.74, 6) is 0.823.